The van der Waals surface area contributed by atoms with Gasteiger partial charge in [0.25, 0.3) is 0 Å². The molecule has 0 aliphatic carbocycles. The molecule has 0 amide bonds. The Labute approximate surface area is 121 Å². The second-order valence-corrected chi connectivity index (χ2v) is 1.54. The Morgan fingerprint density at radius 3 is 1.22 bits per heavy atom. The van der Waals surface area contributed by atoms with Gasteiger partial charge in [0, 0.05) is 38.1 Å². The van der Waals surface area contributed by atoms with Crippen LogP contribution in [0.15, 0.2) is 0 Å². The van der Waals surface area contributed by atoms with Crippen LogP contribution in [0.4, 0.5) is 0 Å². The van der Waals surface area contributed by atoms with Crippen molar-refractivity contribution in [1.82, 2.24) is 0 Å². The molecule has 0 aromatic rings. The summed E-state index contributed by atoms with van der Waals surface area (Å²) in [6.45, 7) is 0. The van der Waals surface area contributed by atoms with Gasteiger partial charge in [-0.25, -0.2) is 4.57 Å². The maximum atomic E-state index is 8.88. The van der Waals surface area contributed by atoms with E-state index in [2.05, 4.69) is 0 Å². The van der Waals surface area contributed by atoms with E-state index in [9.17, 15) is 0 Å². The Kier molecular flexibility index (Phi) is 45.0. The summed E-state index contributed by atoms with van der Waals surface area (Å²) in [6.07, 6.45) is 0. The predicted octanol–water partition coefficient (Wildman–Crippen LogP) is -2.27. The van der Waals surface area contributed by atoms with E-state index in [1.807, 2.05) is 0 Å². The molecule has 9 heteroatoms. The first-order chi connectivity index (χ1) is 2.00. The van der Waals surface area contributed by atoms with Crippen LogP contribution in [0.5, 0.6) is 0 Å². The van der Waals surface area contributed by atoms with Gasteiger partial charge in [0.1, 0.15) is 0 Å². The average Bonchev–Trinajstić information content (AvgIpc) is 0.722. The molecule has 0 spiro atoms. The molecule has 0 saturated carbocycles. The third-order valence-electron chi connectivity index (χ3n) is 0. The third-order valence-corrected chi connectivity index (χ3v) is 0. The van der Waals surface area contributed by atoms with Crippen molar-refractivity contribution in [3.8, 4) is 0 Å². The zero-order valence-corrected chi connectivity index (χ0v) is 9.98. The SMILES string of the molecule is O=P(O)(O)O.[AlH3].[Ca+2].[H-].[H-].[Mn].[Mo]. The van der Waals surface area contributed by atoms with E-state index in [-0.39, 0.29) is 96.1 Å². The second-order valence-electron chi connectivity index (χ2n) is 0.513. The summed E-state index contributed by atoms with van der Waals surface area (Å²) in [6, 6.07) is 0. The Balaban J connectivity index is -0.00000000533. The maximum Gasteiger partial charge on any atom is 2.00 e. The van der Waals surface area contributed by atoms with Gasteiger partial charge in [-0.05, 0) is 0 Å². The van der Waals surface area contributed by atoms with E-state index in [1.165, 1.54) is 0 Å². The van der Waals surface area contributed by atoms with Gasteiger partial charge in [-0.1, -0.05) is 0 Å². The third kappa shape index (κ3) is 95.3. The molecule has 9 heavy (non-hydrogen) atoms. The van der Waals surface area contributed by atoms with Crippen molar-refractivity contribution >= 4 is 62.9 Å². The standard InChI is InChI=1S/Al.Ca.Mn.Mo.H3O4P.5H/c;;;;1-5(2,3)4;;;;;/h;;;;(H3,1,2,3,4);;;;;/q;+2;;;;;;;2*-1. The van der Waals surface area contributed by atoms with Crippen LogP contribution < -0.4 is 0 Å². The molecule has 0 bridgehead atoms. The van der Waals surface area contributed by atoms with E-state index < -0.39 is 7.82 Å². The van der Waals surface area contributed by atoms with Crippen molar-refractivity contribution < 1.29 is 60.2 Å². The average molecular weight is 321 g/mol. The number of hydrogen-bond acceptors (Lipinski definition) is 1. The Morgan fingerprint density at radius 1 is 1.22 bits per heavy atom. The van der Waals surface area contributed by atoms with Gasteiger partial charge in [0.05, 0.1) is 0 Å². The summed E-state index contributed by atoms with van der Waals surface area (Å²) in [5.74, 6) is 0. The van der Waals surface area contributed by atoms with Gasteiger partial charge in [-0.3, -0.25) is 0 Å². The zero-order chi connectivity index (χ0) is 4.50. The quantitative estimate of drug-likeness (QED) is 0.347. The Hall–Kier alpha value is 3.11. The van der Waals surface area contributed by atoms with Gasteiger partial charge in [0.15, 0.2) is 17.4 Å². The molecule has 3 N–H and O–H groups in total. The first-order valence-corrected chi connectivity index (χ1v) is 2.35. The fourth-order valence-corrected chi connectivity index (χ4v) is 0. The zero-order valence-electron chi connectivity index (χ0n) is 5.69. The molecule has 0 heterocycles. The molecular formula is H8AlCaMnMoO4P. The van der Waals surface area contributed by atoms with Crippen molar-refractivity contribution in [1.29, 1.82) is 0 Å². The van der Waals surface area contributed by atoms with Crippen molar-refractivity contribution in [3.05, 3.63) is 0 Å². The van der Waals surface area contributed by atoms with E-state index in [4.69, 9.17) is 19.2 Å². The second kappa shape index (κ2) is 13.7. The summed E-state index contributed by atoms with van der Waals surface area (Å²) in [5, 5.41) is 0. The van der Waals surface area contributed by atoms with Crippen molar-refractivity contribution in [3.63, 3.8) is 0 Å². The molecule has 0 aliphatic rings. The minimum absolute atomic E-state index is 0. The van der Waals surface area contributed by atoms with Crippen LogP contribution in [0, 0.1) is 0 Å². The van der Waals surface area contributed by atoms with Crippen LogP contribution in [0.3, 0.4) is 0 Å². The first kappa shape index (κ1) is 29.6. The summed E-state index contributed by atoms with van der Waals surface area (Å²) >= 11 is 0. The fraction of sp³-hybridized carbons (Fsp3) is 0. The van der Waals surface area contributed by atoms with Gasteiger partial charge >= 0.3 is 45.6 Å². The van der Waals surface area contributed by atoms with Crippen LogP contribution in [0.25, 0.3) is 0 Å². The molecule has 0 atom stereocenters. The topological polar surface area (TPSA) is 77.8 Å². The van der Waals surface area contributed by atoms with Crippen molar-refractivity contribution in [2.45, 2.75) is 0 Å². The number of phosphoric acid groups is 1. The maximum absolute atomic E-state index is 8.88. The smallest absolute Gasteiger partial charge is 1.00 e. The molecule has 55 valence electrons. The van der Waals surface area contributed by atoms with E-state index in [1.54, 1.807) is 0 Å². The fourth-order valence-electron chi connectivity index (χ4n) is 0. The molecule has 0 fully saturated rings. The molecule has 1 radical (unpaired) electrons. The summed E-state index contributed by atoms with van der Waals surface area (Å²) < 4.78 is 8.88. The summed E-state index contributed by atoms with van der Waals surface area (Å²) in [5.41, 5.74) is 0. The Bertz CT molecular complexity index is 74.2. The molecule has 4 nitrogen and oxygen atoms in total. The van der Waals surface area contributed by atoms with Crippen LogP contribution in [-0.2, 0) is 42.7 Å². The van der Waals surface area contributed by atoms with Crippen molar-refractivity contribution in [2.24, 2.45) is 0 Å². The van der Waals surface area contributed by atoms with Crippen LogP contribution in [-0.4, -0.2) is 69.8 Å². The van der Waals surface area contributed by atoms with Gasteiger partial charge in [-0.15, -0.1) is 0 Å². The van der Waals surface area contributed by atoms with Gasteiger partial charge < -0.3 is 17.5 Å². The van der Waals surface area contributed by atoms with E-state index >= 15 is 0 Å². The number of rotatable bonds is 0. The normalized spacial score (nSPS) is 6.56. The van der Waals surface area contributed by atoms with Gasteiger partial charge in [-0.2, -0.15) is 0 Å². The summed E-state index contributed by atoms with van der Waals surface area (Å²) in [4.78, 5) is 21.6. The minimum atomic E-state index is -4.64. The van der Waals surface area contributed by atoms with Crippen LogP contribution >= 0.6 is 7.82 Å². The van der Waals surface area contributed by atoms with Crippen molar-refractivity contribution in [2.75, 3.05) is 0 Å². The molecule has 0 saturated heterocycles. The molecule has 0 aromatic heterocycles. The predicted molar refractivity (Wildman–Crippen MR) is 32.2 cm³/mol. The molecule has 0 unspecified atom stereocenters. The molecular weight excluding hydrogens is 313 g/mol. The monoisotopic (exact) mass is 323 g/mol. The van der Waals surface area contributed by atoms with Crippen LogP contribution in [0.2, 0.25) is 0 Å². The molecule has 0 aliphatic heterocycles. The summed E-state index contributed by atoms with van der Waals surface area (Å²) in [7, 11) is -4.64. The van der Waals surface area contributed by atoms with Crippen LogP contribution in [0.1, 0.15) is 2.85 Å². The van der Waals surface area contributed by atoms with E-state index in [0.717, 1.165) is 0 Å². The van der Waals surface area contributed by atoms with Gasteiger partial charge in [0.2, 0.25) is 0 Å². The minimum Gasteiger partial charge on any atom is -1.00 e. The Morgan fingerprint density at radius 2 is 1.22 bits per heavy atom. The largest absolute Gasteiger partial charge is 2.00 e. The molecule has 0 aromatic carbocycles. The first-order valence-electron chi connectivity index (χ1n) is 0.783. The number of hydrogen-bond donors (Lipinski definition) is 3. The van der Waals surface area contributed by atoms with E-state index in [0.29, 0.717) is 0 Å². The molecule has 0 rings (SSSR count).